The van der Waals surface area contributed by atoms with Gasteiger partial charge in [0.2, 0.25) is 0 Å². The lowest BCUT2D eigenvalue weighted by atomic mass is 9.52. The zero-order valence-corrected chi connectivity index (χ0v) is 17.3. The molecule has 2 aliphatic heterocycles. The number of fused-ring (bicyclic) bond motifs is 3. The van der Waals surface area contributed by atoms with Crippen LogP contribution in [0.25, 0.3) is 0 Å². The summed E-state index contributed by atoms with van der Waals surface area (Å²) in [5, 5.41) is 50.7. The second-order valence-corrected chi connectivity index (χ2v) is 9.56. The van der Waals surface area contributed by atoms with E-state index in [9.17, 15) is 30.3 Å². The Morgan fingerprint density at radius 2 is 1.90 bits per heavy atom. The van der Waals surface area contributed by atoms with E-state index in [1.807, 2.05) is 13.8 Å². The topological polar surface area (TPSA) is 146 Å². The van der Waals surface area contributed by atoms with E-state index in [-0.39, 0.29) is 24.2 Å². The number of rotatable bonds is 3. The van der Waals surface area contributed by atoms with Crippen molar-refractivity contribution in [3.63, 3.8) is 0 Å². The van der Waals surface area contributed by atoms with Gasteiger partial charge in [-0.15, -0.1) is 0 Å². The molecule has 9 heteroatoms. The van der Waals surface area contributed by atoms with Gasteiger partial charge in [-0.3, -0.25) is 0 Å². The Kier molecular flexibility index (Phi) is 5.76. The first-order chi connectivity index (χ1) is 14.1. The van der Waals surface area contributed by atoms with E-state index in [1.54, 1.807) is 0 Å². The van der Waals surface area contributed by atoms with E-state index in [0.717, 1.165) is 0 Å². The highest BCUT2D eigenvalue weighted by atomic mass is 16.7. The molecule has 0 amide bonds. The van der Waals surface area contributed by atoms with Crippen LogP contribution in [0, 0.1) is 23.2 Å². The van der Waals surface area contributed by atoms with Crippen molar-refractivity contribution in [2.75, 3.05) is 6.61 Å². The molecule has 9 nitrogen and oxygen atoms in total. The van der Waals surface area contributed by atoms with E-state index in [0.29, 0.717) is 18.4 Å². The largest absolute Gasteiger partial charge is 0.458 e. The van der Waals surface area contributed by atoms with Gasteiger partial charge in [0.05, 0.1) is 18.8 Å². The summed E-state index contributed by atoms with van der Waals surface area (Å²) in [6.45, 7) is 7.31. The van der Waals surface area contributed by atoms with Crippen molar-refractivity contribution in [3.05, 3.63) is 12.2 Å². The highest BCUT2D eigenvalue weighted by molar-refractivity contribution is 5.90. The number of aliphatic hydroxyl groups excluding tert-OH is 5. The Labute approximate surface area is 175 Å². The maximum Gasteiger partial charge on any atom is 0.334 e. The molecule has 2 saturated heterocycles. The fourth-order valence-electron chi connectivity index (χ4n) is 6.07. The van der Waals surface area contributed by atoms with Gasteiger partial charge in [-0.1, -0.05) is 20.4 Å². The summed E-state index contributed by atoms with van der Waals surface area (Å²) in [7, 11) is 0. The van der Waals surface area contributed by atoms with Crippen LogP contribution in [0.1, 0.15) is 33.1 Å². The average Bonchev–Trinajstić information content (AvgIpc) is 2.99. The number of carbonyl (C=O) groups excluding carboxylic acids is 1. The second-order valence-electron chi connectivity index (χ2n) is 9.56. The van der Waals surface area contributed by atoms with E-state index >= 15 is 0 Å². The molecule has 30 heavy (non-hydrogen) atoms. The smallest absolute Gasteiger partial charge is 0.334 e. The Morgan fingerprint density at radius 1 is 1.20 bits per heavy atom. The number of hydrogen-bond acceptors (Lipinski definition) is 9. The molecule has 0 unspecified atom stereocenters. The highest BCUT2D eigenvalue weighted by Crippen LogP contribution is 2.58. The van der Waals surface area contributed by atoms with E-state index in [1.165, 1.54) is 0 Å². The van der Waals surface area contributed by atoms with Crippen LogP contribution in [0.15, 0.2) is 12.2 Å². The van der Waals surface area contributed by atoms with Crippen molar-refractivity contribution in [2.45, 2.75) is 82.1 Å². The minimum Gasteiger partial charge on any atom is -0.458 e. The van der Waals surface area contributed by atoms with Crippen LogP contribution in [-0.2, 0) is 19.0 Å². The molecule has 0 spiro atoms. The first kappa shape index (κ1) is 22.1. The number of esters is 1. The van der Waals surface area contributed by atoms with Gasteiger partial charge in [0, 0.05) is 29.2 Å². The Balaban J connectivity index is 1.60. The van der Waals surface area contributed by atoms with Crippen molar-refractivity contribution in [1.29, 1.82) is 0 Å². The monoisotopic (exact) mass is 428 g/mol. The third-order valence-electron chi connectivity index (χ3n) is 7.97. The van der Waals surface area contributed by atoms with Gasteiger partial charge in [-0.05, 0) is 18.8 Å². The summed E-state index contributed by atoms with van der Waals surface area (Å²) in [6, 6.07) is 0. The lowest BCUT2D eigenvalue weighted by Gasteiger charge is -2.57. The van der Waals surface area contributed by atoms with Crippen LogP contribution < -0.4 is 0 Å². The molecule has 0 radical (unpaired) electrons. The van der Waals surface area contributed by atoms with Crippen LogP contribution in [0.5, 0.6) is 0 Å². The van der Waals surface area contributed by atoms with E-state index in [4.69, 9.17) is 14.2 Å². The SMILES string of the molecule is C=C1C(=O)O[C@@H]2[C@H]3[C@@H](C)[C@@H](O)C[C@@H](O[C@@H]4O[C@H](CO)[C@@H](O)[C@H](O)[C@H]4O)[C@]3(C)CC[C@@H]12. The van der Waals surface area contributed by atoms with Crippen LogP contribution >= 0.6 is 0 Å². The summed E-state index contributed by atoms with van der Waals surface area (Å²) in [6.07, 6.45) is -6.84. The van der Waals surface area contributed by atoms with Crippen molar-refractivity contribution < 1.29 is 44.5 Å². The summed E-state index contributed by atoms with van der Waals surface area (Å²) in [5.74, 6) is -0.807. The fourth-order valence-corrected chi connectivity index (χ4v) is 6.07. The maximum absolute atomic E-state index is 12.1. The molecule has 4 fully saturated rings. The minimum absolute atomic E-state index is 0.0868. The van der Waals surface area contributed by atoms with E-state index < -0.39 is 67.0 Å². The van der Waals surface area contributed by atoms with Crippen molar-refractivity contribution >= 4 is 5.97 Å². The second kappa shape index (κ2) is 7.81. The minimum atomic E-state index is -1.54. The number of ether oxygens (including phenoxy) is 3. The fraction of sp³-hybridized carbons (Fsp3) is 0.857. The van der Waals surface area contributed by atoms with Gasteiger partial charge < -0.3 is 39.7 Å². The standard InChI is InChI=1S/C21H32O9/c1-8-10-4-5-21(3)13(6-11(23)9(2)14(21)18(10)30-19(8)27)29-20-17(26)16(25)15(24)12(7-22)28-20/h9-18,20,22-26H,1,4-7H2,2-3H3/t9-,10-,11-,12+,13+,14+,15+,16-,17+,18-,20-,21-/m0/s1. The summed E-state index contributed by atoms with van der Waals surface area (Å²) < 4.78 is 17.3. The molecule has 5 N–H and O–H groups in total. The Morgan fingerprint density at radius 3 is 2.57 bits per heavy atom. The lowest BCUT2D eigenvalue weighted by Crippen LogP contribution is -2.63. The molecular weight excluding hydrogens is 396 g/mol. The summed E-state index contributed by atoms with van der Waals surface area (Å²) in [5.41, 5.74) is -0.00973. The molecule has 0 aromatic carbocycles. The quantitative estimate of drug-likeness (QED) is 0.285. The Bertz CT molecular complexity index is 696. The molecule has 0 aromatic rings. The Hall–Kier alpha value is -1.07. The average molecular weight is 428 g/mol. The number of hydrogen-bond donors (Lipinski definition) is 5. The molecular formula is C21H32O9. The van der Waals surface area contributed by atoms with Gasteiger partial charge in [-0.25, -0.2) is 4.79 Å². The maximum atomic E-state index is 12.1. The van der Waals surface area contributed by atoms with Gasteiger partial charge in [-0.2, -0.15) is 0 Å². The van der Waals surface area contributed by atoms with Crippen molar-refractivity contribution in [3.8, 4) is 0 Å². The molecule has 2 heterocycles. The summed E-state index contributed by atoms with van der Waals surface area (Å²) >= 11 is 0. The number of aliphatic hydroxyl groups is 5. The summed E-state index contributed by atoms with van der Waals surface area (Å²) in [4.78, 5) is 12.1. The van der Waals surface area contributed by atoms with E-state index in [2.05, 4.69) is 6.58 Å². The molecule has 2 saturated carbocycles. The third kappa shape index (κ3) is 3.23. The zero-order chi connectivity index (χ0) is 22.0. The van der Waals surface area contributed by atoms with Crippen LogP contribution in [0.4, 0.5) is 0 Å². The van der Waals surface area contributed by atoms with Crippen molar-refractivity contribution in [2.24, 2.45) is 23.2 Å². The zero-order valence-electron chi connectivity index (χ0n) is 17.3. The highest BCUT2D eigenvalue weighted by Gasteiger charge is 2.62. The molecule has 0 aromatic heterocycles. The van der Waals surface area contributed by atoms with Gasteiger partial charge in [0.15, 0.2) is 6.29 Å². The molecule has 12 atom stereocenters. The van der Waals surface area contributed by atoms with Gasteiger partial charge in [0.25, 0.3) is 0 Å². The first-order valence-corrected chi connectivity index (χ1v) is 10.6. The molecule has 170 valence electrons. The molecule has 2 aliphatic carbocycles. The van der Waals surface area contributed by atoms with Crippen LogP contribution in [0.3, 0.4) is 0 Å². The molecule has 4 aliphatic rings. The molecule has 0 bridgehead atoms. The normalized spacial score (nSPS) is 53.8. The van der Waals surface area contributed by atoms with Crippen LogP contribution in [0.2, 0.25) is 0 Å². The predicted octanol–water partition coefficient (Wildman–Crippen LogP) is -0.914. The predicted molar refractivity (Wildman–Crippen MR) is 102 cm³/mol. The first-order valence-electron chi connectivity index (χ1n) is 10.6. The molecule has 4 rings (SSSR count). The van der Waals surface area contributed by atoms with Crippen LogP contribution in [-0.4, -0.2) is 87.1 Å². The van der Waals surface area contributed by atoms with Gasteiger partial charge in [0.1, 0.15) is 30.5 Å². The third-order valence-corrected chi connectivity index (χ3v) is 7.97. The number of carbonyl (C=O) groups is 1. The van der Waals surface area contributed by atoms with Crippen molar-refractivity contribution in [1.82, 2.24) is 0 Å². The van der Waals surface area contributed by atoms with Gasteiger partial charge >= 0.3 is 5.97 Å². The lowest BCUT2D eigenvalue weighted by molar-refractivity contribution is -0.332.